The van der Waals surface area contributed by atoms with Gasteiger partial charge in [0, 0.05) is 11.1 Å². The number of rotatable bonds is 4. The fraction of sp³-hybridized carbons (Fsp3) is 0. The summed E-state index contributed by atoms with van der Waals surface area (Å²) >= 11 is 0. The van der Waals surface area contributed by atoms with E-state index in [2.05, 4.69) is 0 Å². The number of ketones is 2. The fourth-order valence-electron chi connectivity index (χ4n) is 0.989. The lowest BCUT2D eigenvalue weighted by molar-refractivity contribution is 0.103. The number of Topliss-reactive ketones (excluding diaryl/α,β-unsaturated/α-hetero) is 2. The number of carbonyl (C=O) groups is 2. The van der Waals surface area contributed by atoms with Gasteiger partial charge in [0.1, 0.15) is 0 Å². The van der Waals surface area contributed by atoms with E-state index in [1.807, 2.05) is 0 Å². The lowest BCUT2D eigenvalue weighted by Gasteiger charge is -1.98. The van der Waals surface area contributed by atoms with Crippen LogP contribution in [-0.2, 0) is 9.59 Å². The van der Waals surface area contributed by atoms with E-state index in [1.165, 1.54) is 24.3 Å². The zero-order valence-electron chi connectivity index (χ0n) is 6.94. The van der Waals surface area contributed by atoms with Crippen molar-refractivity contribution in [2.45, 2.75) is 0 Å². The van der Waals surface area contributed by atoms with Gasteiger partial charge in [-0.25, -0.2) is 0 Å². The zero-order valence-corrected chi connectivity index (χ0v) is 6.94. The lowest BCUT2D eigenvalue weighted by atomic mass is 10.0. The average Bonchev–Trinajstić information content (AvgIpc) is 2.27. The highest BCUT2D eigenvalue weighted by Gasteiger charge is 2.15. The van der Waals surface area contributed by atoms with Gasteiger partial charge in [0.2, 0.25) is 11.6 Å². The molecule has 1 rings (SSSR count). The minimum atomic E-state index is -0.954. The largest absolute Gasteiger partial charge is 0.285 e. The number of carbonyl (C=O) groups excluding carboxylic acids is 4. The Morgan fingerprint density at radius 1 is 0.857 bits per heavy atom. The predicted molar refractivity (Wildman–Crippen MR) is 46.5 cm³/mol. The van der Waals surface area contributed by atoms with Crippen LogP contribution in [0.1, 0.15) is 20.7 Å². The van der Waals surface area contributed by atoms with Crippen LogP contribution in [0.3, 0.4) is 0 Å². The average molecular weight is 188 g/mol. The molecule has 2 radical (unpaired) electrons. The molecule has 4 nitrogen and oxygen atoms in total. The maximum absolute atomic E-state index is 10.9. The van der Waals surface area contributed by atoms with Crippen LogP contribution in [0, 0.1) is 0 Å². The molecule has 14 heavy (non-hydrogen) atoms. The summed E-state index contributed by atoms with van der Waals surface area (Å²) in [5, 5.41) is 0. The number of benzene rings is 1. The van der Waals surface area contributed by atoms with E-state index in [4.69, 9.17) is 0 Å². The molecule has 0 saturated heterocycles. The molecular formula is C10H4O4. The summed E-state index contributed by atoms with van der Waals surface area (Å²) in [5.74, 6) is -1.91. The normalized spacial score (nSPS) is 9.14. The van der Waals surface area contributed by atoms with E-state index >= 15 is 0 Å². The molecular weight excluding hydrogens is 184 g/mol. The third-order valence-corrected chi connectivity index (χ3v) is 1.60. The summed E-state index contributed by atoms with van der Waals surface area (Å²) in [6.45, 7) is 0. The second-order valence-corrected chi connectivity index (χ2v) is 2.41. The van der Waals surface area contributed by atoms with Gasteiger partial charge in [-0.15, -0.1) is 0 Å². The highest BCUT2D eigenvalue weighted by molar-refractivity contribution is 6.40. The summed E-state index contributed by atoms with van der Waals surface area (Å²) in [5.41, 5.74) is -0.258. The quantitative estimate of drug-likeness (QED) is 0.502. The van der Waals surface area contributed by atoms with Crippen LogP contribution < -0.4 is 0 Å². The molecule has 0 aromatic heterocycles. The zero-order chi connectivity index (χ0) is 10.6. The second kappa shape index (κ2) is 4.23. The standard InChI is InChI=1S/C10H4O4/c11-5-9(13)7-3-1-2-4-8(7)10(14)6-12/h1-4H. The summed E-state index contributed by atoms with van der Waals surface area (Å²) in [4.78, 5) is 42.1. The summed E-state index contributed by atoms with van der Waals surface area (Å²) in [6.07, 6.45) is 2.26. The van der Waals surface area contributed by atoms with Crippen molar-refractivity contribution in [3.63, 3.8) is 0 Å². The molecule has 0 bridgehead atoms. The van der Waals surface area contributed by atoms with Crippen LogP contribution in [0.15, 0.2) is 24.3 Å². The minimum absolute atomic E-state index is 0.129. The minimum Gasteiger partial charge on any atom is -0.285 e. The Hall–Kier alpha value is -2.10. The molecule has 0 fully saturated rings. The van der Waals surface area contributed by atoms with Gasteiger partial charge in [-0.3, -0.25) is 19.2 Å². The third kappa shape index (κ3) is 1.80. The van der Waals surface area contributed by atoms with E-state index in [1.54, 1.807) is 0 Å². The maximum atomic E-state index is 10.9. The van der Waals surface area contributed by atoms with E-state index in [-0.39, 0.29) is 11.1 Å². The predicted octanol–water partition coefficient (Wildman–Crippen LogP) is 0.271. The van der Waals surface area contributed by atoms with Gasteiger partial charge in [-0.05, 0) is 0 Å². The van der Waals surface area contributed by atoms with Gasteiger partial charge in [-0.1, -0.05) is 24.3 Å². The summed E-state index contributed by atoms with van der Waals surface area (Å²) in [7, 11) is 0. The van der Waals surface area contributed by atoms with Gasteiger partial charge < -0.3 is 0 Å². The van der Waals surface area contributed by atoms with E-state index < -0.39 is 11.6 Å². The van der Waals surface area contributed by atoms with Crippen LogP contribution >= 0.6 is 0 Å². The Morgan fingerprint density at radius 3 is 1.50 bits per heavy atom. The lowest BCUT2D eigenvalue weighted by Crippen LogP contribution is -2.10. The molecule has 0 atom stereocenters. The maximum Gasteiger partial charge on any atom is 0.277 e. The number of hydrogen-bond donors (Lipinski definition) is 0. The van der Waals surface area contributed by atoms with E-state index in [9.17, 15) is 19.2 Å². The Balaban J connectivity index is 3.28. The van der Waals surface area contributed by atoms with E-state index in [0.717, 1.165) is 12.6 Å². The molecule has 0 saturated carbocycles. The van der Waals surface area contributed by atoms with Gasteiger partial charge >= 0.3 is 0 Å². The van der Waals surface area contributed by atoms with Crippen LogP contribution in [-0.4, -0.2) is 24.1 Å². The van der Waals surface area contributed by atoms with Gasteiger partial charge in [0.25, 0.3) is 12.6 Å². The first-order chi connectivity index (χ1) is 6.70. The Kier molecular flexibility index (Phi) is 3.01. The van der Waals surface area contributed by atoms with Crippen molar-refractivity contribution < 1.29 is 19.2 Å². The van der Waals surface area contributed by atoms with Gasteiger partial charge in [0.15, 0.2) is 0 Å². The Bertz CT molecular complexity index is 367. The Labute approximate surface area is 79.5 Å². The third-order valence-electron chi connectivity index (χ3n) is 1.60. The molecule has 0 aliphatic carbocycles. The molecule has 0 amide bonds. The molecule has 0 heterocycles. The summed E-state index contributed by atoms with van der Waals surface area (Å²) < 4.78 is 0. The van der Waals surface area contributed by atoms with Crippen LogP contribution in [0.4, 0.5) is 0 Å². The molecule has 0 aliphatic rings. The molecule has 68 valence electrons. The molecule has 1 aromatic carbocycles. The van der Waals surface area contributed by atoms with Crippen molar-refractivity contribution in [3.8, 4) is 0 Å². The molecule has 1 aromatic rings. The first-order valence-corrected chi connectivity index (χ1v) is 3.64. The van der Waals surface area contributed by atoms with Gasteiger partial charge in [0.05, 0.1) is 0 Å². The van der Waals surface area contributed by atoms with Crippen molar-refractivity contribution in [3.05, 3.63) is 35.4 Å². The van der Waals surface area contributed by atoms with Crippen molar-refractivity contribution in [1.29, 1.82) is 0 Å². The Morgan fingerprint density at radius 2 is 1.21 bits per heavy atom. The fourth-order valence-corrected chi connectivity index (χ4v) is 0.989. The SMILES string of the molecule is O=[C]C(=O)c1ccccc1C(=O)[C]=O. The molecule has 4 heteroatoms. The first-order valence-electron chi connectivity index (χ1n) is 3.64. The van der Waals surface area contributed by atoms with Crippen molar-refractivity contribution in [2.75, 3.05) is 0 Å². The topological polar surface area (TPSA) is 68.3 Å². The van der Waals surface area contributed by atoms with Crippen LogP contribution in [0.25, 0.3) is 0 Å². The highest BCUT2D eigenvalue weighted by atomic mass is 16.2. The highest BCUT2D eigenvalue weighted by Crippen LogP contribution is 2.08. The molecule has 0 aliphatic heterocycles. The van der Waals surface area contributed by atoms with Crippen LogP contribution in [0.2, 0.25) is 0 Å². The molecule has 0 N–H and O–H groups in total. The van der Waals surface area contributed by atoms with Crippen molar-refractivity contribution >= 4 is 24.1 Å². The van der Waals surface area contributed by atoms with Crippen LogP contribution in [0.5, 0.6) is 0 Å². The first kappa shape index (κ1) is 9.98. The monoisotopic (exact) mass is 188 g/mol. The second-order valence-electron chi connectivity index (χ2n) is 2.41. The van der Waals surface area contributed by atoms with Gasteiger partial charge in [-0.2, -0.15) is 0 Å². The number of hydrogen-bond acceptors (Lipinski definition) is 4. The van der Waals surface area contributed by atoms with Crippen molar-refractivity contribution in [1.82, 2.24) is 0 Å². The molecule has 0 unspecified atom stereocenters. The smallest absolute Gasteiger partial charge is 0.277 e. The van der Waals surface area contributed by atoms with E-state index in [0.29, 0.717) is 0 Å². The molecule has 0 spiro atoms. The summed E-state index contributed by atoms with van der Waals surface area (Å²) in [6, 6.07) is 5.51. The van der Waals surface area contributed by atoms with Crippen molar-refractivity contribution in [2.24, 2.45) is 0 Å².